The highest BCUT2D eigenvalue weighted by Crippen LogP contribution is 2.37. The smallest absolute Gasteiger partial charge is 0.115 e. The molecule has 0 saturated heterocycles. The molecule has 0 fully saturated rings. The Hall–Kier alpha value is 1.18. The third kappa shape index (κ3) is 23.2. The summed E-state index contributed by atoms with van der Waals surface area (Å²) in [5.74, 6) is 0. The zero-order valence-electron chi connectivity index (χ0n) is 9.29. The topological polar surface area (TPSA) is 96.8 Å². The van der Waals surface area contributed by atoms with Crippen molar-refractivity contribution in [3.8, 4) is 0 Å². The fraction of sp³-hybridized carbons (Fsp3) is 1.00. The Balaban J connectivity index is -0.0000000883. The number of rotatable bonds is 4. The van der Waals surface area contributed by atoms with Crippen LogP contribution in [0.2, 0.25) is 0 Å². The molecule has 0 spiro atoms. The average molecular weight is 360 g/mol. The lowest BCUT2D eigenvalue weighted by Crippen LogP contribution is -3.00. The summed E-state index contributed by atoms with van der Waals surface area (Å²) in [4.78, 5) is 10.8. The van der Waals surface area contributed by atoms with Crippen LogP contribution in [0, 0.1) is 0 Å². The number of hydrogen-bond acceptors (Lipinski definition) is 4. The van der Waals surface area contributed by atoms with Gasteiger partial charge in [-0.15, -0.1) is 0 Å². The monoisotopic (exact) mass is 360 g/mol. The van der Waals surface area contributed by atoms with Crippen LogP contribution in [0.1, 0.15) is 13.8 Å². The molecule has 0 bridgehead atoms. The highest BCUT2D eigenvalue weighted by molar-refractivity contribution is 8.06. The van der Waals surface area contributed by atoms with Crippen molar-refractivity contribution in [3.63, 3.8) is 0 Å². The Kier molecular flexibility index (Phi) is 34.4. The van der Waals surface area contributed by atoms with E-state index in [1.54, 1.807) is 27.9 Å². The van der Waals surface area contributed by atoms with Crippen LogP contribution in [0.4, 0.5) is 0 Å². The molecular formula is C6H22IN2O3PS. The van der Waals surface area contributed by atoms with Crippen molar-refractivity contribution in [1.29, 1.82) is 0 Å². The van der Waals surface area contributed by atoms with Gasteiger partial charge in [0.25, 0.3) is 0 Å². The first kappa shape index (κ1) is 24.4. The second kappa shape index (κ2) is 19.7. The average Bonchev–Trinajstić information content (AvgIpc) is 2.11. The minimum Gasteiger partial charge on any atom is -1.00 e. The van der Waals surface area contributed by atoms with Gasteiger partial charge in [0, 0.05) is 0 Å². The summed E-state index contributed by atoms with van der Waals surface area (Å²) in [5.41, 5.74) is 6.50. The maximum absolute atomic E-state index is 10.8. The van der Waals surface area contributed by atoms with E-state index in [9.17, 15) is 4.89 Å². The number of hydrogen-bond donors (Lipinski definition) is 2. The normalized spacial score (nSPS) is 8.50. The second-order valence-electron chi connectivity index (χ2n) is 1.28. The zero-order chi connectivity index (χ0) is 11.3. The van der Waals surface area contributed by atoms with Crippen LogP contribution in [-0.4, -0.2) is 27.3 Å². The molecule has 0 aliphatic heterocycles. The van der Waals surface area contributed by atoms with Gasteiger partial charge in [0.1, 0.15) is 6.72 Å². The largest absolute Gasteiger partial charge is 1.00 e. The van der Waals surface area contributed by atoms with Crippen molar-refractivity contribution >= 4 is 18.5 Å². The summed E-state index contributed by atoms with van der Waals surface area (Å²) in [5, 5.41) is 0. The van der Waals surface area contributed by atoms with Gasteiger partial charge < -0.3 is 49.4 Å². The third-order valence-electron chi connectivity index (χ3n) is 0.574. The van der Waals surface area contributed by atoms with Crippen molar-refractivity contribution in [3.05, 3.63) is 0 Å². The SMILES string of the molecule is CCOP([O-])(=S)OCC.C[NH3+].C[NH3+].[I-]. The van der Waals surface area contributed by atoms with Crippen LogP contribution in [-0.2, 0) is 20.9 Å². The standard InChI is InChI=1S/C4H11O3PS.2CH5N.HI/c1-3-6-8(5,9)7-4-2;2*1-2;/h3-4H2,1-2H3,(H,5,9);2*2H2,1H3;1H. The Morgan fingerprint density at radius 2 is 1.29 bits per heavy atom. The molecule has 0 rings (SSSR count). The van der Waals surface area contributed by atoms with Crippen LogP contribution in [0.3, 0.4) is 0 Å². The van der Waals surface area contributed by atoms with Gasteiger partial charge in [-0.2, -0.15) is 0 Å². The molecule has 0 heterocycles. The van der Waals surface area contributed by atoms with Crippen LogP contribution in [0.15, 0.2) is 0 Å². The highest BCUT2D eigenvalue weighted by atomic mass is 127. The number of halogens is 1. The third-order valence-corrected chi connectivity index (χ3v) is 2.36. The van der Waals surface area contributed by atoms with Gasteiger partial charge in [0.05, 0.1) is 27.3 Å². The predicted octanol–water partition coefficient (Wildman–Crippen LogP) is -4.64. The van der Waals surface area contributed by atoms with E-state index in [4.69, 9.17) is 0 Å². The van der Waals surface area contributed by atoms with Gasteiger partial charge >= 0.3 is 0 Å². The lowest BCUT2D eigenvalue weighted by Gasteiger charge is -2.25. The molecule has 8 heteroatoms. The van der Waals surface area contributed by atoms with E-state index < -0.39 is 6.72 Å². The first-order chi connectivity index (χ1) is 6.12. The summed E-state index contributed by atoms with van der Waals surface area (Å²) in [6.07, 6.45) is 0. The molecule has 0 saturated carbocycles. The van der Waals surface area contributed by atoms with Crippen molar-refractivity contribution in [2.45, 2.75) is 13.8 Å². The molecule has 92 valence electrons. The molecule has 0 aliphatic carbocycles. The van der Waals surface area contributed by atoms with Gasteiger partial charge in [0.2, 0.25) is 0 Å². The molecule has 0 radical (unpaired) electrons. The minimum absolute atomic E-state index is 0. The Morgan fingerprint density at radius 3 is 1.43 bits per heavy atom. The summed E-state index contributed by atoms with van der Waals surface area (Å²) >= 11 is 4.45. The molecule has 0 aromatic rings. The molecule has 14 heavy (non-hydrogen) atoms. The fourth-order valence-corrected chi connectivity index (χ4v) is 1.69. The van der Waals surface area contributed by atoms with E-state index in [-0.39, 0.29) is 24.0 Å². The predicted molar refractivity (Wildman–Crippen MR) is 55.2 cm³/mol. The van der Waals surface area contributed by atoms with Crippen molar-refractivity contribution in [1.82, 2.24) is 0 Å². The molecule has 0 aromatic carbocycles. The van der Waals surface area contributed by atoms with Gasteiger partial charge in [-0.25, -0.2) is 0 Å². The Labute approximate surface area is 109 Å². The van der Waals surface area contributed by atoms with Crippen LogP contribution >= 0.6 is 6.72 Å². The molecule has 0 aromatic heterocycles. The lowest BCUT2D eigenvalue weighted by molar-refractivity contribution is -0.325. The van der Waals surface area contributed by atoms with E-state index in [0.717, 1.165) is 0 Å². The number of quaternary nitrogens is 2. The van der Waals surface area contributed by atoms with Crippen LogP contribution in [0.5, 0.6) is 0 Å². The van der Waals surface area contributed by atoms with Crippen LogP contribution in [0.25, 0.3) is 0 Å². The van der Waals surface area contributed by atoms with Gasteiger partial charge in [0.15, 0.2) is 0 Å². The van der Waals surface area contributed by atoms with Gasteiger partial charge in [-0.1, -0.05) is 11.8 Å². The van der Waals surface area contributed by atoms with E-state index in [0.29, 0.717) is 13.2 Å². The Morgan fingerprint density at radius 1 is 1.07 bits per heavy atom. The van der Waals surface area contributed by atoms with E-state index in [1.165, 1.54) is 0 Å². The maximum Gasteiger partial charge on any atom is 0.115 e. The molecule has 0 amide bonds. The van der Waals surface area contributed by atoms with Gasteiger partial charge in [-0.3, -0.25) is 0 Å². The zero-order valence-corrected chi connectivity index (χ0v) is 13.2. The van der Waals surface area contributed by atoms with E-state index in [2.05, 4.69) is 32.3 Å². The first-order valence-electron chi connectivity index (χ1n) is 4.14. The maximum atomic E-state index is 10.8. The van der Waals surface area contributed by atoms with Crippen molar-refractivity contribution in [2.24, 2.45) is 0 Å². The summed E-state index contributed by atoms with van der Waals surface area (Å²) in [7, 11) is 3.50. The lowest BCUT2D eigenvalue weighted by atomic mass is 10.9. The molecule has 5 nitrogen and oxygen atoms in total. The molecule has 0 aliphatic rings. The molecule has 0 unspecified atom stereocenters. The van der Waals surface area contributed by atoms with Crippen molar-refractivity contribution < 1.29 is 49.4 Å². The molecule has 0 atom stereocenters. The second-order valence-corrected chi connectivity index (χ2v) is 4.04. The van der Waals surface area contributed by atoms with Crippen molar-refractivity contribution in [2.75, 3.05) is 27.3 Å². The van der Waals surface area contributed by atoms with E-state index in [1.807, 2.05) is 0 Å². The first-order valence-corrected chi connectivity index (χ1v) is 6.69. The van der Waals surface area contributed by atoms with Crippen LogP contribution < -0.4 is 40.3 Å². The minimum atomic E-state index is -3.11. The molecular weight excluding hydrogens is 338 g/mol. The summed E-state index contributed by atoms with van der Waals surface area (Å²) in [6, 6.07) is 0. The Bertz CT molecular complexity index is 122. The molecule has 6 N–H and O–H groups in total. The summed E-state index contributed by atoms with van der Waals surface area (Å²) < 4.78 is 9.24. The summed E-state index contributed by atoms with van der Waals surface area (Å²) in [6.45, 7) is 0.999. The highest BCUT2D eigenvalue weighted by Gasteiger charge is 1.97. The quantitative estimate of drug-likeness (QED) is 0.389. The van der Waals surface area contributed by atoms with Gasteiger partial charge in [-0.05, 0) is 13.8 Å². The van der Waals surface area contributed by atoms with E-state index >= 15 is 0 Å². The fourth-order valence-electron chi connectivity index (χ4n) is 0.353.